The molecule has 1 saturated heterocycles. The van der Waals surface area contributed by atoms with Crippen LogP contribution in [0.1, 0.15) is 46.6 Å². The largest absolute Gasteiger partial charge is 0.329 e. The van der Waals surface area contributed by atoms with Gasteiger partial charge in [0.1, 0.15) is 11.5 Å². The smallest absolute Gasteiger partial charge is 0.274 e. The van der Waals surface area contributed by atoms with E-state index in [1.54, 1.807) is 0 Å². The molecular formula is C25H25ClN4OS. The van der Waals surface area contributed by atoms with E-state index in [2.05, 4.69) is 41.6 Å². The third-order valence-corrected chi connectivity index (χ3v) is 7.76. The lowest BCUT2D eigenvalue weighted by atomic mass is 9.97. The molecule has 0 bridgehead atoms. The Labute approximate surface area is 196 Å². The van der Waals surface area contributed by atoms with Gasteiger partial charge in [0.2, 0.25) is 0 Å². The lowest BCUT2D eigenvalue weighted by Gasteiger charge is -2.34. The van der Waals surface area contributed by atoms with Gasteiger partial charge in [-0.15, -0.1) is 11.3 Å². The minimum absolute atomic E-state index is 0.0481. The molecule has 1 unspecified atom stereocenters. The predicted molar refractivity (Wildman–Crippen MR) is 130 cm³/mol. The average molecular weight is 465 g/mol. The van der Waals surface area contributed by atoms with Crippen LogP contribution in [0.25, 0.3) is 21.5 Å². The van der Waals surface area contributed by atoms with Gasteiger partial charge in [-0.05, 0) is 62.9 Å². The molecule has 2 aromatic heterocycles. The Hall–Kier alpha value is -2.70. The molecular weight excluding hydrogens is 440 g/mol. The number of rotatable bonds is 3. The normalized spacial score (nSPS) is 18.6. The quantitative estimate of drug-likeness (QED) is 0.367. The van der Waals surface area contributed by atoms with Crippen molar-refractivity contribution in [2.24, 2.45) is 7.05 Å². The zero-order valence-corrected chi connectivity index (χ0v) is 20.2. The van der Waals surface area contributed by atoms with E-state index in [1.165, 1.54) is 11.3 Å². The molecule has 1 fully saturated rings. The summed E-state index contributed by atoms with van der Waals surface area (Å²) in [5.74, 6) is 0.872. The van der Waals surface area contributed by atoms with Crippen molar-refractivity contribution >= 4 is 39.9 Å². The summed E-state index contributed by atoms with van der Waals surface area (Å²) in [6, 6.07) is 13.8. The van der Waals surface area contributed by atoms with Gasteiger partial charge in [-0.1, -0.05) is 35.9 Å². The summed E-state index contributed by atoms with van der Waals surface area (Å²) in [5.41, 5.74) is 4.14. The number of halogens is 1. The maximum absolute atomic E-state index is 13.9. The van der Waals surface area contributed by atoms with Gasteiger partial charge in [0.25, 0.3) is 5.91 Å². The number of carbonyl (C=O) groups excluding carboxylic acids is 1. The number of aryl methyl sites for hydroxylation is 3. The zero-order valence-electron chi connectivity index (χ0n) is 18.6. The monoisotopic (exact) mass is 464 g/mol. The highest BCUT2D eigenvalue weighted by atomic mass is 35.5. The van der Waals surface area contributed by atoms with Crippen LogP contribution in [0.5, 0.6) is 0 Å². The summed E-state index contributed by atoms with van der Waals surface area (Å²) in [7, 11) is 2.04. The van der Waals surface area contributed by atoms with E-state index in [1.807, 2.05) is 43.1 Å². The summed E-state index contributed by atoms with van der Waals surface area (Å²) >= 11 is 7.76. The molecule has 1 amide bonds. The Balaban J connectivity index is 1.60. The molecule has 3 heterocycles. The third kappa shape index (κ3) is 3.24. The lowest BCUT2D eigenvalue weighted by molar-refractivity contribution is 0.0595. The molecule has 164 valence electrons. The van der Waals surface area contributed by atoms with Gasteiger partial charge in [-0.25, -0.2) is 9.97 Å². The Bertz CT molecular complexity index is 1360. The highest BCUT2D eigenvalue weighted by Crippen LogP contribution is 2.42. The van der Waals surface area contributed by atoms with Gasteiger partial charge in [-0.2, -0.15) is 0 Å². The van der Waals surface area contributed by atoms with Gasteiger partial charge < -0.3 is 9.47 Å². The van der Waals surface area contributed by atoms with Gasteiger partial charge in [-0.3, -0.25) is 4.79 Å². The first-order valence-corrected chi connectivity index (χ1v) is 12.0. The Kier molecular flexibility index (Phi) is 5.10. The van der Waals surface area contributed by atoms with E-state index in [4.69, 9.17) is 16.6 Å². The number of nitrogens with zero attached hydrogens (tertiary/aromatic N) is 4. The first kappa shape index (κ1) is 21.2. The molecule has 0 aliphatic carbocycles. The second-order valence-electron chi connectivity index (χ2n) is 8.69. The number of thiazole rings is 1. The summed E-state index contributed by atoms with van der Waals surface area (Å²) in [6.45, 7) is 6.83. The Morgan fingerprint density at radius 2 is 1.94 bits per heavy atom. The fourth-order valence-electron chi connectivity index (χ4n) is 4.88. The molecule has 0 N–H and O–H groups in total. The van der Waals surface area contributed by atoms with E-state index in [-0.39, 0.29) is 5.91 Å². The first-order valence-electron chi connectivity index (χ1n) is 10.8. The van der Waals surface area contributed by atoms with Crippen LogP contribution in [-0.2, 0) is 12.6 Å². The number of benzene rings is 2. The van der Waals surface area contributed by atoms with Crippen molar-refractivity contribution in [1.29, 1.82) is 0 Å². The first-order chi connectivity index (χ1) is 15.3. The molecule has 2 aromatic carbocycles. The van der Waals surface area contributed by atoms with E-state index in [0.717, 1.165) is 50.7 Å². The Morgan fingerprint density at radius 1 is 1.16 bits per heavy atom. The number of aromatic nitrogens is 3. The second kappa shape index (κ2) is 7.71. The van der Waals surface area contributed by atoms with Crippen LogP contribution in [0, 0.1) is 13.8 Å². The average Bonchev–Trinajstić information content (AvgIpc) is 3.44. The number of carbonyl (C=O) groups is 1. The van der Waals surface area contributed by atoms with Gasteiger partial charge in [0, 0.05) is 18.6 Å². The highest BCUT2D eigenvalue weighted by molar-refractivity contribution is 7.15. The van der Waals surface area contributed by atoms with E-state index in [0.29, 0.717) is 17.3 Å². The zero-order chi connectivity index (χ0) is 22.6. The van der Waals surface area contributed by atoms with Crippen molar-refractivity contribution in [2.75, 3.05) is 6.54 Å². The lowest BCUT2D eigenvalue weighted by Crippen LogP contribution is -2.44. The molecule has 1 aliphatic heterocycles. The van der Waals surface area contributed by atoms with Crippen molar-refractivity contribution in [1.82, 2.24) is 19.4 Å². The van der Waals surface area contributed by atoms with E-state index < -0.39 is 5.54 Å². The Morgan fingerprint density at radius 3 is 2.69 bits per heavy atom. The van der Waals surface area contributed by atoms with Gasteiger partial charge in [0.05, 0.1) is 26.5 Å². The number of amides is 1. The number of hydrogen-bond donors (Lipinski definition) is 0. The molecule has 1 aliphatic rings. The highest BCUT2D eigenvalue weighted by Gasteiger charge is 2.45. The summed E-state index contributed by atoms with van der Waals surface area (Å²) in [6.07, 6.45) is 1.80. The molecule has 0 spiro atoms. The van der Waals surface area contributed by atoms with Crippen molar-refractivity contribution in [3.05, 3.63) is 69.6 Å². The molecule has 0 radical (unpaired) electrons. The van der Waals surface area contributed by atoms with Crippen LogP contribution in [0.2, 0.25) is 5.02 Å². The number of hydrogen-bond acceptors (Lipinski definition) is 4. The molecule has 1 atom stereocenters. The van der Waals surface area contributed by atoms with Crippen LogP contribution in [0.4, 0.5) is 0 Å². The van der Waals surface area contributed by atoms with Crippen molar-refractivity contribution in [3.8, 4) is 10.4 Å². The van der Waals surface area contributed by atoms with E-state index >= 15 is 0 Å². The van der Waals surface area contributed by atoms with Crippen LogP contribution < -0.4 is 0 Å². The SMILES string of the molecule is Cc1nc(C(=O)N2CCCC2(C)c2nc3c(C)cccc3n2C)c(-c2cccc(Cl)c2)s1. The molecule has 0 saturated carbocycles. The van der Waals surface area contributed by atoms with E-state index in [9.17, 15) is 4.79 Å². The summed E-state index contributed by atoms with van der Waals surface area (Å²) in [4.78, 5) is 26.4. The molecule has 4 aromatic rings. The number of likely N-dealkylation sites (tertiary alicyclic amines) is 1. The minimum atomic E-state index is -0.500. The summed E-state index contributed by atoms with van der Waals surface area (Å²) in [5, 5.41) is 1.51. The predicted octanol–water partition coefficient (Wildman–Crippen LogP) is 6.12. The van der Waals surface area contributed by atoms with Gasteiger partial charge >= 0.3 is 0 Å². The molecule has 5 rings (SSSR count). The fourth-order valence-corrected chi connectivity index (χ4v) is 5.98. The number of para-hydroxylation sites is 1. The maximum Gasteiger partial charge on any atom is 0.274 e. The molecule has 32 heavy (non-hydrogen) atoms. The van der Waals surface area contributed by atoms with Crippen molar-refractivity contribution in [3.63, 3.8) is 0 Å². The van der Waals surface area contributed by atoms with Crippen molar-refractivity contribution < 1.29 is 4.79 Å². The van der Waals surface area contributed by atoms with Crippen LogP contribution in [0.15, 0.2) is 42.5 Å². The van der Waals surface area contributed by atoms with Crippen molar-refractivity contribution in [2.45, 2.75) is 39.2 Å². The number of imidazole rings is 1. The third-order valence-electron chi connectivity index (χ3n) is 6.50. The maximum atomic E-state index is 13.9. The van der Waals surface area contributed by atoms with Gasteiger partial charge in [0.15, 0.2) is 0 Å². The minimum Gasteiger partial charge on any atom is -0.329 e. The molecule has 7 heteroatoms. The van der Waals surface area contributed by atoms with Crippen LogP contribution >= 0.6 is 22.9 Å². The van der Waals surface area contributed by atoms with Crippen LogP contribution in [0.3, 0.4) is 0 Å². The fraction of sp³-hybridized carbons (Fsp3) is 0.320. The second-order valence-corrected chi connectivity index (χ2v) is 10.3. The van der Waals surface area contributed by atoms with Crippen LogP contribution in [-0.4, -0.2) is 31.9 Å². The molecule has 5 nitrogen and oxygen atoms in total. The number of fused-ring (bicyclic) bond motifs is 1. The standard InChI is InChI=1S/C25H25ClN4OS/c1-15-8-5-11-19-20(15)28-24(29(19)4)25(3)12-7-13-30(25)23(31)21-22(32-16(2)27-21)17-9-6-10-18(26)14-17/h5-6,8-11,14H,7,12-13H2,1-4H3. The summed E-state index contributed by atoms with van der Waals surface area (Å²) < 4.78 is 2.14. The topological polar surface area (TPSA) is 51.0 Å².